The molecule has 1 saturated heterocycles. The smallest absolute Gasteiger partial charge is 0.244 e. The molecular weight excluding hydrogens is 411 g/mol. The third kappa shape index (κ3) is 4.56. The number of nitrogens with zero attached hydrogens (tertiary/aromatic N) is 6. The highest BCUT2D eigenvalue weighted by atomic mass is 19.1. The number of benzene rings is 1. The van der Waals surface area contributed by atoms with E-state index >= 15 is 0 Å². The van der Waals surface area contributed by atoms with Crippen LogP contribution in [0.3, 0.4) is 0 Å². The Morgan fingerprint density at radius 1 is 1.31 bits per heavy atom. The molecule has 0 bridgehead atoms. The number of piperidine rings is 1. The zero-order chi connectivity index (χ0) is 22.7. The summed E-state index contributed by atoms with van der Waals surface area (Å²) in [6, 6.07) is 6.26. The van der Waals surface area contributed by atoms with Crippen molar-refractivity contribution in [2.45, 2.75) is 25.3 Å². The summed E-state index contributed by atoms with van der Waals surface area (Å²) in [5, 5.41) is 4.14. The lowest BCUT2D eigenvalue weighted by atomic mass is 9.89. The van der Waals surface area contributed by atoms with Crippen LogP contribution in [0.15, 0.2) is 42.9 Å². The number of carbonyl (C=O) groups excluding carboxylic acids is 1. The van der Waals surface area contributed by atoms with Crippen molar-refractivity contribution < 1.29 is 13.9 Å². The van der Waals surface area contributed by atoms with Crippen molar-refractivity contribution in [1.82, 2.24) is 24.6 Å². The molecule has 9 heteroatoms. The minimum absolute atomic E-state index is 0.0248. The highest BCUT2D eigenvalue weighted by Gasteiger charge is 2.29. The van der Waals surface area contributed by atoms with E-state index < -0.39 is 0 Å². The first kappa shape index (κ1) is 21.7. The highest BCUT2D eigenvalue weighted by molar-refractivity contribution is 5.76. The number of ether oxygens (including phenoxy) is 1. The average molecular weight is 439 g/mol. The molecule has 0 saturated carbocycles. The van der Waals surface area contributed by atoms with Gasteiger partial charge in [-0.15, -0.1) is 0 Å². The van der Waals surface area contributed by atoms with E-state index in [0.717, 1.165) is 29.7 Å². The molecule has 4 rings (SSSR count). The predicted molar refractivity (Wildman–Crippen MR) is 119 cm³/mol. The zero-order valence-electron chi connectivity index (χ0n) is 18.5. The minimum Gasteiger partial charge on any atom is -0.496 e. The third-order valence-corrected chi connectivity index (χ3v) is 5.68. The Labute approximate surface area is 186 Å². The van der Waals surface area contributed by atoms with Crippen molar-refractivity contribution in [2.24, 2.45) is 0 Å². The van der Waals surface area contributed by atoms with Crippen LogP contribution in [-0.2, 0) is 11.3 Å². The second-order valence-corrected chi connectivity index (χ2v) is 8.09. The summed E-state index contributed by atoms with van der Waals surface area (Å²) in [6.07, 6.45) is 6.98. The third-order valence-electron chi connectivity index (χ3n) is 5.68. The van der Waals surface area contributed by atoms with Gasteiger partial charge in [-0.25, -0.2) is 14.4 Å². The van der Waals surface area contributed by atoms with E-state index in [1.807, 2.05) is 23.9 Å². The molecule has 8 nitrogen and oxygen atoms in total. The molecule has 1 fully saturated rings. The molecule has 1 aromatic carbocycles. The van der Waals surface area contributed by atoms with Crippen molar-refractivity contribution in [1.29, 1.82) is 0 Å². The standard InChI is InChI=1S/C23H27FN6O2/c1-28(2)23-25-13-19(18-8-7-17(24)12-20(18)32-3)22(27-23)16-6-4-10-29(14-16)21(31)15-30-11-5-9-26-30/h5,7-9,11-13,16H,4,6,10,14-15H2,1-3H3/t16-/m1/s1. The second kappa shape index (κ2) is 9.33. The molecule has 0 spiro atoms. The number of carbonyl (C=O) groups is 1. The van der Waals surface area contributed by atoms with Crippen LogP contribution < -0.4 is 9.64 Å². The topological polar surface area (TPSA) is 76.4 Å². The van der Waals surface area contributed by atoms with Crippen molar-refractivity contribution in [3.63, 3.8) is 0 Å². The Bertz CT molecular complexity index is 1090. The number of hydrogen-bond acceptors (Lipinski definition) is 6. The number of halogens is 1. The van der Waals surface area contributed by atoms with E-state index in [-0.39, 0.29) is 24.2 Å². The fourth-order valence-electron chi connectivity index (χ4n) is 4.07. The fraction of sp³-hybridized carbons (Fsp3) is 0.391. The van der Waals surface area contributed by atoms with E-state index in [2.05, 4.69) is 10.1 Å². The van der Waals surface area contributed by atoms with Crippen LogP contribution in [0.2, 0.25) is 0 Å². The number of anilines is 1. The van der Waals surface area contributed by atoms with Crippen LogP contribution in [0.4, 0.5) is 10.3 Å². The Morgan fingerprint density at radius 3 is 2.88 bits per heavy atom. The number of methoxy groups -OCH3 is 1. The van der Waals surface area contributed by atoms with Gasteiger partial charge in [-0.3, -0.25) is 9.48 Å². The summed E-state index contributed by atoms with van der Waals surface area (Å²) in [5.41, 5.74) is 2.36. The molecule has 0 N–H and O–H groups in total. The molecule has 2 aromatic heterocycles. The molecule has 3 heterocycles. The summed E-state index contributed by atoms with van der Waals surface area (Å²) in [6.45, 7) is 1.48. The van der Waals surface area contributed by atoms with Crippen LogP contribution in [0.25, 0.3) is 11.1 Å². The number of rotatable bonds is 6. The van der Waals surface area contributed by atoms with E-state index in [9.17, 15) is 9.18 Å². The molecule has 3 aromatic rings. The summed E-state index contributed by atoms with van der Waals surface area (Å²) in [5.74, 6) is 0.698. The summed E-state index contributed by atoms with van der Waals surface area (Å²) in [7, 11) is 5.29. The highest BCUT2D eigenvalue weighted by Crippen LogP contribution is 2.38. The lowest BCUT2D eigenvalue weighted by molar-refractivity contribution is -0.133. The first-order valence-electron chi connectivity index (χ1n) is 10.6. The van der Waals surface area contributed by atoms with E-state index in [4.69, 9.17) is 9.72 Å². The largest absolute Gasteiger partial charge is 0.496 e. The van der Waals surface area contributed by atoms with Gasteiger partial charge in [-0.1, -0.05) is 0 Å². The molecular formula is C23H27FN6O2. The Morgan fingerprint density at radius 2 is 2.16 bits per heavy atom. The molecule has 1 aliphatic heterocycles. The average Bonchev–Trinajstić information content (AvgIpc) is 3.31. The normalized spacial score (nSPS) is 16.1. The first-order chi connectivity index (χ1) is 15.5. The van der Waals surface area contributed by atoms with Crippen molar-refractivity contribution in [3.8, 4) is 16.9 Å². The lowest BCUT2D eigenvalue weighted by Gasteiger charge is -2.33. The molecule has 0 aliphatic carbocycles. The van der Waals surface area contributed by atoms with Gasteiger partial charge in [0.15, 0.2) is 0 Å². The van der Waals surface area contributed by atoms with Crippen molar-refractivity contribution >= 4 is 11.9 Å². The summed E-state index contributed by atoms with van der Waals surface area (Å²) < 4.78 is 20.9. The van der Waals surface area contributed by atoms with E-state index in [1.54, 1.807) is 35.4 Å². The van der Waals surface area contributed by atoms with Crippen LogP contribution in [-0.4, -0.2) is 64.9 Å². The molecule has 1 atom stereocenters. The van der Waals surface area contributed by atoms with Gasteiger partial charge in [0.1, 0.15) is 18.1 Å². The van der Waals surface area contributed by atoms with Gasteiger partial charge in [0.25, 0.3) is 0 Å². The quantitative estimate of drug-likeness (QED) is 0.589. The van der Waals surface area contributed by atoms with Crippen LogP contribution in [0.5, 0.6) is 5.75 Å². The van der Waals surface area contributed by atoms with Crippen LogP contribution >= 0.6 is 0 Å². The second-order valence-electron chi connectivity index (χ2n) is 8.09. The fourth-order valence-corrected chi connectivity index (χ4v) is 4.07. The predicted octanol–water partition coefficient (Wildman–Crippen LogP) is 2.96. The maximum absolute atomic E-state index is 13.8. The summed E-state index contributed by atoms with van der Waals surface area (Å²) >= 11 is 0. The van der Waals surface area contributed by atoms with Gasteiger partial charge in [0, 0.05) is 68.9 Å². The number of likely N-dealkylation sites (tertiary alicyclic amines) is 1. The molecule has 0 radical (unpaired) electrons. The molecule has 0 unspecified atom stereocenters. The van der Waals surface area contributed by atoms with Gasteiger partial charge in [0.2, 0.25) is 11.9 Å². The maximum atomic E-state index is 13.8. The van der Waals surface area contributed by atoms with Crippen LogP contribution in [0.1, 0.15) is 24.5 Å². The Kier molecular flexibility index (Phi) is 6.34. The Balaban J connectivity index is 1.68. The van der Waals surface area contributed by atoms with Gasteiger partial charge in [-0.05, 0) is 31.0 Å². The number of aromatic nitrogens is 4. The first-order valence-corrected chi connectivity index (χ1v) is 10.6. The van der Waals surface area contributed by atoms with Gasteiger partial charge in [0.05, 0.1) is 12.8 Å². The van der Waals surface area contributed by atoms with E-state index in [1.165, 1.54) is 19.2 Å². The van der Waals surface area contributed by atoms with Gasteiger partial charge >= 0.3 is 0 Å². The number of hydrogen-bond donors (Lipinski definition) is 0. The van der Waals surface area contributed by atoms with Gasteiger partial charge in [-0.2, -0.15) is 5.10 Å². The molecule has 1 amide bonds. The summed E-state index contributed by atoms with van der Waals surface area (Å²) in [4.78, 5) is 25.9. The monoisotopic (exact) mass is 438 g/mol. The maximum Gasteiger partial charge on any atom is 0.244 e. The minimum atomic E-state index is -0.369. The molecule has 32 heavy (non-hydrogen) atoms. The van der Waals surface area contributed by atoms with E-state index in [0.29, 0.717) is 24.8 Å². The lowest BCUT2D eigenvalue weighted by Crippen LogP contribution is -2.41. The Hall–Kier alpha value is -3.49. The van der Waals surface area contributed by atoms with Gasteiger partial charge < -0.3 is 14.5 Å². The van der Waals surface area contributed by atoms with Crippen LogP contribution in [0, 0.1) is 5.82 Å². The van der Waals surface area contributed by atoms with Crippen molar-refractivity contribution in [2.75, 3.05) is 39.2 Å². The number of amides is 1. The van der Waals surface area contributed by atoms with Crippen molar-refractivity contribution in [3.05, 3.63) is 54.4 Å². The zero-order valence-corrected chi connectivity index (χ0v) is 18.5. The SMILES string of the molecule is COc1cc(F)ccc1-c1cnc(N(C)C)nc1[C@@H]1CCCN(C(=O)Cn2cccn2)C1. The molecule has 1 aliphatic rings. The molecule has 168 valence electrons.